The fourth-order valence-electron chi connectivity index (χ4n) is 1.37. The van der Waals surface area contributed by atoms with Crippen LogP contribution in [0.25, 0.3) is 0 Å². The van der Waals surface area contributed by atoms with E-state index in [-0.39, 0.29) is 5.91 Å². The van der Waals surface area contributed by atoms with E-state index >= 15 is 0 Å². The first-order valence-electron chi connectivity index (χ1n) is 4.55. The molecule has 0 aromatic heterocycles. The van der Waals surface area contributed by atoms with Gasteiger partial charge < -0.3 is 5.32 Å². The molecule has 2 nitrogen and oxygen atoms in total. The van der Waals surface area contributed by atoms with Gasteiger partial charge in [-0.05, 0) is 31.1 Å². The molecule has 0 bridgehead atoms. The van der Waals surface area contributed by atoms with Crippen LogP contribution < -0.4 is 5.32 Å². The van der Waals surface area contributed by atoms with E-state index in [2.05, 4.69) is 12.2 Å². The van der Waals surface area contributed by atoms with Crippen molar-refractivity contribution in [3.8, 4) is 0 Å². The third-order valence-corrected chi connectivity index (χ3v) is 2.63. The smallest absolute Gasteiger partial charge is 0.220 e. The van der Waals surface area contributed by atoms with Gasteiger partial charge in [-0.3, -0.25) is 4.79 Å². The van der Waals surface area contributed by atoms with Crippen molar-refractivity contribution < 1.29 is 4.79 Å². The maximum absolute atomic E-state index is 11.2. The van der Waals surface area contributed by atoms with Crippen LogP contribution in [0, 0.1) is 11.8 Å². The van der Waals surface area contributed by atoms with Crippen molar-refractivity contribution in [2.24, 2.45) is 11.8 Å². The minimum Gasteiger partial charge on any atom is -0.353 e. The molecule has 2 atom stereocenters. The van der Waals surface area contributed by atoms with Gasteiger partial charge in [0.2, 0.25) is 5.91 Å². The van der Waals surface area contributed by atoms with Crippen LogP contribution in [0.1, 0.15) is 32.6 Å². The van der Waals surface area contributed by atoms with Crippen molar-refractivity contribution in [3.05, 3.63) is 0 Å². The van der Waals surface area contributed by atoms with Crippen LogP contribution in [0.15, 0.2) is 0 Å². The van der Waals surface area contributed by atoms with Gasteiger partial charge in [-0.1, -0.05) is 6.92 Å². The summed E-state index contributed by atoms with van der Waals surface area (Å²) < 4.78 is 0. The third-order valence-electron chi connectivity index (χ3n) is 2.63. The minimum absolute atomic E-state index is 0.279. The van der Waals surface area contributed by atoms with E-state index in [0.717, 1.165) is 18.3 Å². The van der Waals surface area contributed by atoms with Crippen molar-refractivity contribution in [2.45, 2.75) is 38.6 Å². The second-order valence-electron chi connectivity index (χ2n) is 4.03. The fourth-order valence-corrected chi connectivity index (χ4v) is 1.37. The second-order valence-corrected chi connectivity index (χ2v) is 4.03. The van der Waals surface area contributed by atoms with Gasteiger partial charge in [0.15, 0.2) is 0 Å². The summed E-state index contributed by atoms with van der Waals surface area (Å²) >= 11 is 0. The zero-order chi connectivity index (χ0) is 7.84. The van der Waals surface area contributed by atoms with Crippen LogP contribution in [0.5, 0.6) is 0 Å². The molecule has 0 heterocycles. The maximum atomic E-state index is 11.2. The van der Waals surface area contributed by atoms with Gasteiger partial charge in [0.1, 0.15) is 0 Å². The summed E-state index contributed by atoms with van der Waals surface area (Å²) in [5, 5.41) is 3.04. The molecule has 2 fully saturated rings. The third kappa shape index (κ3) is 1.95. The Morgan fingerprint density at radius 1 is 1.55 bits per heavy atom. The highest BCUT2D eigenvalue weighted by Crippen LogP contribution is 2.33. The molecular weight excluding hydrogens is 138 g/mol. The summed E-state index contributed by atoms with van der Waals surface area (Å²) in [6, 6.07) is 0.515. The average molecular weight is 153 g/mol. The lowest BCUT2D eigenvalue weighted by Crippen LogP contribution is -2.26. The van der Waals surface area contributed by atoms with Crippen molar-refractivity contribution in [1.29, 1.82) is 0 Å². The monoisotopic (exact) mass is 153 g/mol. The number of hydrogen-bond donors (Lipinski definition) is 1. The molecule has 0 aromatic carbocycles. The first-order chi connectivity index (χ1) is 5.25. The van der Waals surface area contributed by atoms with Gasteiger partial charge in [0.05, 0.1) is 0 Å². The van der Waals surface area contributed by atoms with Crippen molar-refractivity contribution in [2.75, 3.05) is 0 Å². The average Bonchev–Trinajstić information content (AvgIpc) is 2.75. The van der Waals surface area contributed by atoms with E-state index in [1.54, 1.807) is 0 Å². The molecule has 11 heavy (non-hydrogen) atoms. The van der Waals surface area contributed by atoms with Gasteiger partial charge >= 0.3 is 0 Å². The zero-order valence-corrected chi connectivity index (χ0v) is 6.97. The summed E-state index contributed by atoms with van der Waals surface area (Å²) in [6.45, 7) is 2.18. The van der Waals surface area contributed by atoms with Crippen LogP contribution in [-0.2, 0) is 4.79 Å². The molecule has 62 valence electrons. The molecule has 2 saturated carbocycles. The maximum Gasteiger partial charge on any atom is 0.220 e. The summed E-state index contributed by atoms with van der Waals surface area (Å²) in [5.41, 5.74) is 0. The highest BCUT2D eigenvalue weighted by molar-refractivity contribution is 5.77. The molecule has 2 aliphatic carbocycles. The Balaban J connectivity index is 1.65. The van der Waals surface area contributed by atoms with Gasteiger partial charge in [0.25, 0.3) is 0 Å². The Morgan fingerprint density at radius 2 is 2.18 bits per heavy atom. The molecule has 1 N–H and O–H groups in total. The Morgan fingerprint density at radius 3 is 2.64 bits per heavy atom. The van der Waals surface area contributed by atoms with Crippen molar-refractivity contribution >= 4 is 5.91 Å². The van der Waals surface area contributed by atoms with Crippen molar-refractivity contribution in [3.63, 3.8) is 0 Å². The molecular formula is C9H15NO. The molecule has 2 heteroatoms. The van der Waals surface area contributed by atoms with E-state index in [0.29, 0.717) is 6.04 Å². The van der Waals surface area contributed by atoms with Gasteiger partial charge in [-0.25, -0.2) is 0 Å². The standard InChI is InChI=1S/C9H15NO/c1-6-4-8(6)10-9(11)5-7-2-3-7/h6-8H,2-5H2,1H3,(H,10,11)/t6-,8-/m1/s1. The zero-order valence-electron chi connectivity index (χ0n) is 6.97. The molecule has 2 aliphatic rings. The molecule has 1 amide bonds. The highest BCUT2D eigenvalue weighted by atomic mass is 16.1. The van der Waals surface area contributed by atoms with E-state index in [1.165, 1.54) is 19.3 Å². The van der Waals surface area contributed by atoms with E-state index < -0.39 is 0 Å². The molecule has 0 aromatic rings. The van der Waals surface area contributed by atoms with Gasteiger partial charge in [-0.2, -0.15) is 0 Å². The quantitative estimate of drug-likeness (QED) is 0.650. The summed E-state index contributed by atoms with van der Waals surface area (Å²) in [4.78, 5) is 11.2. The summed E-state index contributed by atoms with van der Waals surface area (Å²) in [5.74, 6) is 1.74. The number of carbonyl (C=O) groups excluding carboxylic acids is 1. The fraction of sp³-hybridized carbons (Fsp3) is 0.889. The minimum atomic E-state index is 0.279. The number of nitrogens with one attached hydrogen (secondary N) is 1. The molecule has 2 rings (SSSR count). The second kappa shape index (κ2) is 2.50. The number of hydrogen-bond acceptors (Lipinski definition) is 1. The molecule has 0 radical (unpaired) electrons. The topological polar surface area (TPSA) is 29.1 Å². The molecule has 0 aliphatic heterocycles. The van der Waals surface area contributed by atoms with Crippen LogP contribution in [0.4, 0.5) is 0 Å². The highest BCUT2D eigenvalue weighted by Gasteiger charge is 2.34. The molecule has 0 unspecified atom stereocenters. The predicted octanol–water partition coefficient (Wildman–Crippen LogP) is 1.31. The van der Waals surface area contributed by atoms with Crippen LogP contribution in [-0.4, -0.2) is 11.9 Å². The Kier molecular flexibility index (Phi) is 1.63. The van der Waals surface area contributed by atoms with Crippen LogP contribution in [0.2, 0.25) is 0 Å². The first kappa shape index (κ1) is 7.14. The summed E-state index contributed by atoms with van der Waals surface area (Å²) in [7, 11) is 0. The lowest BCUT2D eigenvalue weighted by molar-refractivity contribution is -0.121. The normalized spacial score (nSPS) is 35.0. The Hall–Kier alpha value is -0.530. The largest absolute Gasteiger partial charge is 0.353 e. The number of rotatable bonds is 3. The van der Waals surface area contributed by atoms with Gasteiger partial charge in [-0.15, -0.1) is 0 Å². The SMILES string of the molecule is C[C@@H]1C[C@H]1NC(=O)CC1CC1. The lowest BCUT2D eigenvalue weighted by atomic mass is 10.3. The Labute approximate surface area is 67.4 Å². The van der Waals surface area contributed by atoms with Crippen molar-refractivity contribution in [1.82, 2.24) is 5.32 Å². The van der Waals surface area contributed by atoms with Crippen LogP contribution in [0.3, 0.4) is 0 Å². The Bertz CT molecular complexity index is 174. The predicted molar refractivity (Wildman–Crippen MR) is 43.1 cm³/mol. The summed E-state index contributed by atoms with van der Waals surface area (Å²) in [6.07, 6.45) is 4.51. The van der Waals surface area contributed by atoms with E-state index in [4.69, 9.17) is 0 Å². The molecule has 0 spiro atoms. The molecule has 0 saturated heterocycles. The van der Waals surface area contributed by atoms with E-state index in [1.807, 2.05) is 0 Å². The van der Waals surface area contributed by atoms with Crippen LogP contribution >= 0.6 is 0 Å². The number of carbonyl (C=O) groups is 1. The van der Waals surface area contributed by atoms with Gasteiger partial charge in [0, 0.05) is 12.5 Å². The number of amides is 1. The van der Waals surface area contributed by atoms with E-state index in [9.17, 15) is 4.79 Å². The lowest BCUT2D eigenvalue weighted by Gasteiger charge is -2.01. The first-order valence-corrected chi connectivity index (χ1v) is 4.55.